The van der Waals surface area contributed by atoms with E-state index in [2.05, 4.69) is 52.0 Å². The fourth-order valence-corrected chi connectivity index (χ4v) is 4.53. The summed E-state index contributed by atoms with van der Waals surface area (Å²) in [5.41, 5.74) is 3.48. The lowest BCUT2D eigenvalue weighted by Gasteiger charge is -2.36. The van der Waals surface area contributed by atoms with Crippen LogP contribution >= 0.6 is 0 Å². The summed E-state index contributed by atoms with van der Waals surface area (Å²) in [6, 6.07) is 20.0. The Morgan fingerprint density at radius 3 is 1.05 bits per heavy atom. The van der Waals surface area contributed by atoms with Crippen molar-refractivity contribution in [1.29, 1.82) is 0 Å². The minimum absolute atomic E-state index is 0.434. The summed E-state index contributed by atoms with van der Waals surface area (Å²) < 4.78 is 75.7. The van der Waals surface area contributed by atoms with Gasteiger partial charge in [-0.2, -0.15) is 13.2 Å². The molecule has 0 radical (unpaired) electrons. The van der Waals surface area contributed by atoms with Gasteiger partial charge in [0, 0.05) is 0 Å². The first-order valence-electron chi connectivity index (χ1n) is 13.4. The van der Waals surface area contributed by atoms with Crippen LogP contribution in [-0.4, -0.2) is 12.6 Å². The van der Waals surface area contributed by atoms with E-state index in [9.17, 15) is 22.0 Å². The molecule has 0 N–H and O–H groups in total. The molecule has 0 aromatic heterocycles. The lowest BCUT2D eigenvalue weighted by Crippen LogP contribution is -2.49. The van der Waals surface area contributed by atoms with Crippen LogP contribution in [0.5, 0.6) is 11.5 Å². The average molecular weight is 569 g/mol. The van der Waals surface area contributed by atoms with E-state index in [0.717, 1.165) is 34.8 Å². The van der Waals surface area contributed by atoms with Crippen molar-refractivity contribution in [2.45, 2.75) is 73.4 Å². The molecule has 0 saturated heterocycles. The number of hydrogen-bond acceptors (Lipinski definition) is 1. The molecule has 4 aromatic rings. The molecule has 0 saturated carbocycles. The van der Waals surface area contributed by atoms with E-state index in [0.29, 0.717) is 11.1 Å². The topological polar surface area (TPSA) is 9.23 Å². The van der Waals surface area contributed by atoms with Gasteiger partial charge in [0.15, 0.2) is 5.41 Å². The van der Waals surface area contributed by atoms with Crippen LogP contribution < -0.4 is 4.74 Å². The van der Waals surface area contributed by atoms with E-state index in [-0.39, 0.29) is 0 Å². The van der Waals surface area contributed by atoms with Gasteiger partial charge in [-0.1, -0.05) is 48.5 Å². The van der Waals surface area contributed by atoms with Crippen molar-refractivity contribution in [3.63, 3.8) is 0 Å². The fourth-order valence-electron chi connectivity index (χ4n) is 4.53. The van der Waals surface area contributed by atoms with Crippen LogP contribution in [0.1, 0.15) is 55.6 Å². The van der Waals surface area contributed by atoms with Gasteiger partial charge in [0.25, 0.3) is 6.43 Å². The number of alkyl halides is 5. The second kappa shape index (κ2) is 12.5. The Bertz CT molecular complexity index is 1420. The SMILES string of the molecule is Cc1ccc(C(c2ccc(C)c(C)c2)(C(F)F)C(F)(F)F)cc1C.Cc1ccc(Oc2ccc(C)c(C)c2)cc1C. The van der Waals surface area contributed by atoms with Gasteiger partial charge in [-0.3, -0.25) is 0 Å². The predicted molar refractivity (Wildman–Crippen MR) is 157 cm³/mol. The van der Waals surface area contributed by atoms with Gasteiger partial charge < -0.3 is 4.74 Å². The van der Waals surface area contributed by atoms with E-state index < -0.39 is 29.1 Å². The van der Waals surface area contributed by atoms with Gasteiger partial charge in [0.2, 0.25) is 0 Å². The molecule has 41 heavy (non-hydrogen) atoms. The van der Waals surface area contributed by atoms with Crippen LogP contribution in [0.2, 0.25) is 0 Å². The molecule has 0 fully saturated rings. The van der Waals surface area contributed by atoms with E-state index in [1.807, 2.05) is 12.1 Å². The zero-order valence-corrected chi connectivity index (χ0v) is 24.8. The van der Waals surface area contributed by atoms with E-state index in [4.69, 9.17) is 4.74 Å². The zero-order valence-electron chi connectivity index (χ0n) is 24.8. The van der Waals surface area contributed by atoms with Gasteiger partial charge >= 0.3 is 6.18 Å². The number of rotatable bonds is 5. The quantitative estimate of drug-likeness (QED) is 0.218. The summed E-state index contributed by atoms with van der Waals surface area (Å²) in [5, 5.41) is 0. The summed E-state index contributed by atoms with van der Waals surface area (Å²) in [6.07, 6.45) is -8.76. The van der Waals surface area contributed by atoms with Gasteiger partial charge in [-0.25, -0.2) is 8.78 Å². The predicted octanol–water partition coefficient (Wildman–Crippen LogP) is 10.7. The van der Waals surface area contributed by atoms with Crippen molar-refractivity contribution in [3.05, 3.63) is 128 Å². The van der Waals surface area contributed by atoms with E-state index >= 15 is 0 Å². The smallest absolute Gasteiger partial charge is 0.407 e. The Kier molecular flexibility index (Phi) is 9.68. The van der Waals surface area contributed by atoms with Crippen molar-refractivity contribution in [3.8, 4) is 11.5 Å². The molecule has 0 atom stereocenters. The molecule has 0 heterocycles. The molecule has 0 unspecified atom stereocenters. The summed E-state index contributed by atoms with van der Waals surface area (Å²) in [7, 11) is 0. The molecular formula is C35H37F5O. The van der Waals surface area contributed by atoms with Crippen molar-refractivity contribution in [2.75, 3.05) is 0 Å². The lowest BCUT2D eigenvalue weighted by molar-refractivity contribution is -0.211. The molecule has 0 spiro atoms. The monoisotopic (exact) mass is 568 g/mol. The Balaban J connectivity index is 0.000000239. The first-order valence-corrected chi connectivity index (χ1v) is 13.4. The molecule has 6 heteroatoms. The van der Waals surface area contributed by atoms with E-state index in [1.165, 1.54) is 46.5 Å². The van der Waals surface area contributed by atoms with Crippen molar-refractivity contribution < 1.29 is 26.7 Å². The van der Waals surface area contributed by atoms with Crippen LogP contribution in [0, 0.1) is 55.4 Å². The second-order valence-electron chi connectivity index (χ2n) is 10.8. The van der Waals surface area contributed by atoms with Crippen LogP contribution in [0.3, 0.4) is 0 Å². The molecule has 0 bridgehead atoms. The number of aryl methyl sites for hydroxylation is 8. The first-order chi connectivity index (χ1) is 19.1. The highest BCUT2D eigenvalue weighted by atomic mass is 19.4. The molecule has 1 nitrogen and oxygen atoms in total. The molecule has 0 aliphatic heterocycles. The maximum absolute atomic E-state index is 14.0. The normalized spacial score (nSPS) is 11.8. The summed E-state index contributed by atoms with van der Waals surface area (Å²) in [4.78, 5) is 0. The van der Waals surface area contributed by atoms with Crippen LogP contribution in [0.4, 0.5) is 22.0 Å². The maximum Gasteiger partial charge on any atom is 0.407 e. The summed E-state index contributed by atoms with van der Waals surface area (Å²) in [5.74, 6) is 1.80. The number of ether oxygens (including phenoxy) is 1. The Morgan fingerprint density at radius 1 is 0.463 bits per heavy atom. The minimum Gasteiger partial charge on any atom is -0.457 e. The number of hydrogen-bond donors (Lipinski definition) is 0. The largest absolute Gasteiger partial charge is 0.457 e. The van der Waals surface area contributed by atoms with Crippen molar-refractivity contribution in [2.24, 2.45) is 0 Å². The highest BCUT2D eigenvalue weighted by molar-refractivity contribution is 5.48. The second-order valence-corrected chi connectivity index (χ2v) is 10.8. The number of halogens is 5. The highest BCUT2D eigenvalue weighted by Crippen LogP contribution is 2.51. The highest BCUT2D eigenvalue weighted by Gasteiger charge is 2.63. The van der Waals surface area contributed by atoms with Gasteiger partial charge in [0.05, 0.1) is 0 Å². The Labute approximate surface area is 240 Å². The van der Waals surface area contributed by atoms with Gasteiger partial charge in [-0.05, 0) is 135 Å². The Morgan fingerprint density at radius 2 is 0.780 bits per heavy atom. The third kappa shape index (κ3) is 6.80. The third-order valence-corrected chi connectivity index (χ3v) is 7.89. The van der Waals surface area contributed by atoms with Crippen molar-refractivity contribution >= 4 is 0 Å². The first kappa shape index (κ1) is 31.9. The van der Waals surface area contributed by atoms with Crippen molar-refractivity contribution in [1.82, 2.24) is 0 Å². The summed E-state index contributed by atoms with van der Waals surface area (Å²) in [6.45, 7) is 15.1. The molecule has 0 amide bonds. The average Bonchev–Trinajstić information content (AvgIpc) is 2.88. The van der Waals surface area contributed by atoms with Gasteiger partial charge in [0.1, 0.15) is 11.5 Å². The number of benzene rings is 4. The molecule has 0 aliphatic rings. The van der Waals surface area contributed by atoms with Crippen LogP contribution in [-0.2, 0) is 5.41 Å². The van der Waals surface area contributed by atoms with Crippen LogP contribution in [0.25, 0.3) is 0 Å². The van der Waals surface area contributed by atoms with Gasteiger partial charge in [-0.15, -0.1) is 0 Å². The lowest BCUT2D eigenvalue weighted by atomic mass is 9.72. The molecular weight excluding hydrogens is 531 g/mol. The molecule has 0 aliphatic carbocycles. The maximum atomic E-state index is 14.0. The third-order valence-electron chi connectivity index (χ3n) is 7.89. The van der Waals surface area contributed by atoms with E-state index in [1.54, 1.807) is 27.7 Å². The molecule has 4 rings (SSSR count). The molecule has 218 valence electrons. The summed E-state index contributed by atoms with van der Waals surface area (Å²) >= 11 is 0. The standard InChI is InChI=1S/C19H19F5.C16H18O/c1-11-5-7-15(9-13(11)3)18(17(20)21,19(22,23)24)16-8-6-12(2)14(4)10-16;1-11-5-7-15(9-13(11)3)17-16-8-6-12(2)14(4)10-16/h5-10,17H,1-4H3;5-10H,1-4H3. The zero-order chi connectivity index (χ0) is 30.7. The molecule has 4 aromatic carbocycles. The van der Waals surface area contributed by atoms with Crippen LogP contribution in [0.15, 0.2) is 72.8 Å². The Hall–Kier alpha value is -3.67. The fraction of sp³-hybridized carbons (Fsp3) is 0.314. The minimum atomic E-state index is -5.13.